The Labute approximate surface area is 140 Å². The van der Waals surface area contributed by atoms with Crippen LogP contribution in [0.5, 0.6) is 0 Å². The van der Waals surface area contributed by atoms with E-state index < -0.39 is 17.2 Å². The molecule has 1 aliphatic rings. The molecular formula is C16H21Cl2NO3. The lowest BCUT2D eigenvalue weighted by Gasteiger charge is -2.35. The number of alkyl carbamates (subject to hydrolysis) is 1. The van der Waals surface area contributed by atoms with E-state index in [1.807, 2.05) is 0 Å². The molecule has 1 amide bonds. The van der Waals surface area contributed by atoms with Gasteiger partial charge in [0.15, 0.2) is 0 Å². The van der Waals surface area contributed by atoms with Crippen LogP contribution >= 0.6 is 23.2 Å². The van der Waals surface area contributed by atoms with Crippen molar-refractivity contribution < 1.29 is 14.6 Å². The highest BCUT2D eigenvalue weighted by molar-refractivity contribution is 6.42. The number of ether oxygens (including phenoxy) is 1. The molecule has 1 fully saturated rings. The van der Waals surface area contributed by atoms with Crippen LogP contribution < -0.4 is 5.32 Å². The van der Waals surface area contributed by atoms with Crippen molar-refractivity contribution in [2.45, 2.75) is 44.8 Å². The molecule has 0 bridgehead atoms. The van der Waals surface area contributed by atoms with Crippen LogP contribution in [0, 0.1) is 5.92 Å². The van der Waals surface area contributed by atoms with Crippen molar-refractivity contribution in [3.8, 4) is 0 Å². The van der Waals surface area contributed by atoms with Crippen LogP contribution in [0.15, 0.2) is 18.2 Å². The quantitative estimate of drug-likeness (QED) is 0.862. The summed E-state index contributed by atoms with van der Waals surface area (Å²) >= 11 is 12.0. The number of rotatable bonds is 4. The van der Waals surface area contributed by atoms with Gasteiger partial charge in [0, 0.05) is 0 Å². The predicted octanol–water partition coefficient (Wildman–Crippen LogP) is 4.12. The predicted molar refractivity (Wildman–Crippen MR) is 87.3 cm³/mol. The van der Waals surface area contributed by atoms with E-state index in [1.165, 1.54) is 0 Å². The van der Waals surface area contributed by atoms with Gasteiger partial charge in [-0.3, -0.25) is 0 Å². The lowest BCUT2D eigenvalue weighted by molar-refractivity contribution is 0.0361. The van der Waals surface area contributed by atoms with E-state index in [1.54, 1.807) is 39.0 Å². The van der Waals surface area contributed by atoms with Gasteiger partial charge in [-0.15, -0.1) is 0 Å². The van der Waals surface area contributed by atoms with Crippen LogP contribution in [0.2, 0.25) is 10.0 Å². The van der Waals surface area contributed by atoms with Crippen molar-refractivity contribution in [3.63, 3.8) is 0 Å². The molecule has 6 heteroatoms. The average Bonchev–Trinajstić information content (AvgIpc) is 3.22. The molecule has 1 atom stereocenters. The first-order valence-corrected chi connectivity index (χ1v) is 8.01. The Morgan fingerprint density at radius 3 is 2.41 bits per heavy atom. The molecule has 122 valence electrons. The van der Waals surface area contributed by atoms with Gasteiger partial charge in [0.1, 0.15) is 5.60 Å². The fourth-order valence-corrected chi connectivity index (χ4v) is 2.80. The topological polar surface area (TPSA) is 58.6 Å². The Kier molecular flexibility index (Phi) is 4.95. The molecule has 1 unspecified atom stereocenters. The van der Waals surface area contributed by atoms with E-state index >= 15 is 0 Å². The third-order valence-corrected chi connectivity index (χ3v) is 4.42. The maximum absolute atomic E-state index is 12.2. The van der Waals surface area contributed by atoms with Gasteiger partial charge in [0.05, 0.1) is 22.2 Å². The molecular weight excluding hydrogens is 325 g/mol. The number of aliphatic hydroxyl groups excluding tert-OH is 1. The van der Waals surface area contributed by atoms with E-state index in [9.17, 15) is 9.90 Å². The smallest absolute Gasteiger partial charge is 0.408 e. The molecule has 0 heterocycles. The second kappa shape index (κ2) is 6.26. The number of amides is 1. The third kappa shape index (κ3) is 3.86. The van der Waals surface area contributed by atoms with Gasteiger partial charge in [0.2, 0.25) is 0 Å². The highest BCUT2D eigenvalue weighted by atomic mass is 35.5. The Morgan fingerprint density at radius 1 is 1.32 bits per heavy atom. The molecule has 0 aliphatic heterocycles. The summed E-state index contributed by atoms with van der Waals surface area (Å²) < 4.78 is 5.33. The first-order valence-electron chi connectivity index (χ1n) is 7.25. The number of hydrogen-bond donors (Lipinski definition) is 2. The zero-order chi connectivity index (χ0) is 16.5. The van der Waals surface area contributed by atoms with Gasteiger partial charge in [-0.2, -0.15) is 0 Å². The maximum Gasteiger partial charge on any atom is 0.408 e. The first kappa shape index (κ1) is 17.4. The van der Waals surface area contributed by atoms with Crippen LogP contribution in [0.25, 0.3) is 0 Å². The summed E-state index contributed by atoms with van der Waals surface area (Å²) in [6.07, 6.45) is 1.30. The van der Waals surface area contributed by atoms with Gasteiger partial charge in [-0.05, 0) is 57.2 Å². The van der Waals surface area contributed by atoms with Crippen molar-refractivity contribution in [3.05, 3.63) is 33.8 Å². The lowest BCUT2D eigenvalue weighted by Crippen LogP contribution is -2.52. The fourth-order valence-electron chi connectivity index (χ4n) is 2.51. The molecule has 4 nitrogen and oxygen atoms in total. The third-order valence-electron chi connectivity index (χ3n) is 3.68. The summed E-state index contributed by atoms with van der Waals surface area (Å²) in [7, 11) is 0. The molecule has 1 aromatic rings. The minimum Gasteiger partial charge on any atom is -0.444 e. The van der Waals surface area contributed by atoms with E-state index in [0.29, 0.717) is 10.0 Å². The van der Waals surface area contributed by atoms with Crippen LogP contribution in [0.4, 0.5) is 4.79 Å². The molecule has 0 radical (unpaired) electrons. The minimum absolute atomic E-state index is 0.155. The number of halogens is 2. The van der Waals surface area contributed by atoms with E-state index in [0.717, 1.165) is 18.4 Å². The van der Waals surface area contributed by atoms with E-state index in [4.69, 9.17) is 27.9 Å². The van der Waals surface area contributed by atoms with Crippen LogP contribution in [0.1, 0.15) is 39.2 Å². The minimum atomic E-state index is -0.892. The Balaban J connectivity index is 2.32. The Hall–Kier alpha value is -0.970. The van der Waals surface area contributed by atoms with Gasteiger partial charge >= 0.3 is 6.09 Å². The molecule has 2 rings (SSSR count). The standard InChI is InChI=1S/C16H21Cl2NO3/c1-15(2,3)22-14(21)19-16(9-20,10-4-5-10)11-6-7-12(17)13(18)8-11/h6-8,10,20H,4-5,9H2,1-3H3,(H,19,21). The van der Waals surface area contributed by atoms with Crippen LogP contribution in [0.3, 0.4) is 0 Å². The van der Waals surface area contributed by atoms with Gasteiger partial charge < -0.3 is 15.2 Å². The summed E-state index contributed by atoms with van der Waals surface area (Å²) in [5, 5.41) is 13.7. The van der Waals surface area contributed by atoms with Gasteiger partial charge in [-0.1, -0.05) is 29.3 Å². The average molecular weight is 346 g/mol. The SMILES string of the molecule is CC(C)(C)OC(=O)NC(CO)(c1ccc(Cl)c(Cl)c1)C1CC1. The molecule has 22 heavy (non-hydrogen) atoms. The van der Waals surface area contributed by atoms with Gasteiger partial charge in [-0.25, -0.2) is 4.79 Å². The van der Waals surface area contributed by atoms with Crippen molar-refractivity contribution in [2.75, 3.05) is 6.61 Å². The van der Waals surface area contributed by atoms with Crippen LogP contribution in [-0.2, 0) is 10.3 Å². The van der Waals surface area contributed by atoms with Crippen molar-refractivity contribution in [2.24, 2.45) is 5.92 Å². The van der Waals surface area contributed by atoms with Crippen molar-refractivity contribution in [1.82, 2.24) is 5.32 Å². The zero-order valence-electron chi connectivity index (χ0n) is 13.0. The summed E-state index contributed by atoms with van der Waals surface area (Å²) in [4.78, 5) is 12.2. The lowest BCUT2D eigenvalue weighted by atomic mass is 9.85. The van der Waals surface area contributed by atoms with Gasteiger partial charge in [0.25, 0.3) is 0 Å². The molecule has 0 aromatic heterocycles. The largest absolute Gasteiger partial charge is 0.444 e. The van der Waals surface area contributed by atoms with Crippen LogP contribution in [-0.4, -0.2) is 23.4 Å². The summed E-state index contributed by atoms with van der Waals surface area (Å²) in [6, 6.07) is 5.14. The molecule has 0 spiro atoms. The highest BCUT2D eigenvalue weighted by Gasteiger charge is 2.48. The monoisotopic (exact) mass is 345 g/mol. The number of carbonyl (C=O) groups excluding carboxylic acids is 1. The molecule has 1 aromatic carbocycles. The number of aliphatic hydroxyl groups is 1. The summed E-state index contributed by atoms with van der Waals surface area (Å²) in [5.41, 5.74) is -0.763. The number of hydrogen-bond acceptors (Lipinski definition) is 3. The summed E-state index contributed by atoms with van der Waals surface area (Å²) in [5.74, 6) is 0.155. The van der Waals surface area contributed by atoms with E-state index in [-0.39, 0.29) is 12.5 Å². The van der Waals surface area contributed by atoms with Crippen molar-refractivity contribution >= 4 is 29.3 Å². The number of nitrogens with one attached hydrogen (secondary N) is 1. The number of carbonyl (C=O) groups is 1. The first-order chi connectivity index (χ1) is 10.2. The Bertz CT molecular complexity index is 567. The maximum atomic E-state index is 12.2. The zero-order valence-corrected chi connectivity index (χ0v) is 14.5. The number of benzene rings is 1. The molecule has 0 saturated heterocycles. The second-order valence-corrected chi connectivity index (χ2v) is 7.47. The highest BCUT2D eigenvalue weighted by Crippen LogP contribution is 2.46. The molecule has 1 aliphatic carbocycles. The normalized spacial score (nSPS) is 17.7. The van der Waals surface area contributed by atoms with Crippen molar-refractivity contribution in [1.29, 1.82) is 0 Å². The molecule has 2 N–H and O–H groups in total. The second-order valence-electron chi connectivity index (χ2n) is 6.66. The molecule has 1 saturated carbocycles. The van der Waals surface area contributed by atoms with E-state index in [2.05, 4.69) is 5.32 Å². The summed E-state index contributed by atoms with van der Waals surface area (Å²) in [6.45, 7) is 5.16. The fraction of sp³-hybridized carbons (Fsp3) is 0.562. The Morgan fingerprint density at radius 2 is 1.95 bits per heavy atom.